The van der Waals surface area contributed by atoms with E-state index in [-0.39, 0.29) is 6.04 Å². The molecule has 0 spiro atoms. The van der Waals surface area contributed by atoms with Crippen LogP contribution < -0.4 is 10.5 Å². The summed E-state index contributed by atoms with van der Waals surface area (Å²) in [5, 5.41) is 8.90. The highest BCUT2D eigenvalue weighted by Gasteiger charge is 2.04. The van der Waals surface area contributed by atoms with Crippen molar-refractivity contribution >= 4 is 0 Å². The highest BCUT2D eigenvalue weighted by atomic mass is 16.5. The van der Waals surface area contributed by atoms with Gasteiger partial charge in [0.1, 0.15) is 11.5 Å². The van der Waals surface area contributed by atoms with Crippen LogP contribution in [-0.2, 0) is 0 Å². The summed E-state index contributed by atoms with van der Waals surface area (Å²) in [7, 11) is 0. The van der Waals surface area contributed by atoms with Gasteiger partial charge in [-0.25, -0.2) is 0 Å². The van der Waals surface area contributed by atoms with Gasteiger partial charge < -0.3 is 10.5 Å². The topological polar surface area (TPSA) is 59.0 Å². The summed E-state index contributed by atoms with van der Waals surface area (Å²) >= 11 is 0. The van der Waals surface area contributed by atoms with Gasteiger partial charge in [-0.2, -0.15) is 5.26 Å². The third-order valence-corrected chi connectivity index (χ3v) is 2.95. The van der Waals surface area contributed by atoms with E-state index in [1.165, 1.54) is 0 Å². The lowest BCUT2D eigenvalue weighted by Gasteiger charge is -2.10. The van der Waals surface area contributed by atoms with Crippen LogP contribution in [0.4, 0.5) is 0 Å². The van der Waals surface area contributed by atoms with Gasteiger partial charge in [0.2, 0.25) is 0 Å². The van der Waals surface area contributed by atoms with Crippen molar-refractivity contribution in [1.82, 2.24) is 0 Å². The third-order valence-electron chi connectivity index (χ3n) is 2.95. The second kappa shape index (κ2) is 5.55. The van der Waals surface area contributed by atoms with Crippen molar-refractivity contribution in [3.05, 3.63) is 59.2 Å². The van der Waals surface area contributed by atoms with Gasteiger partial charge in [0.15, 0.2) is 0 Å². The minimum absolute atomic E-state index is 0.0118. The SMILES string of the molecule is Cc1ccc(C#N)cc1Oc1ccc(C(C)N)cc1. The molecule has 0 aromatic heterocycles. The first kappa shape index (κ1) is 13.1. The fourth-order valence-electron chi connectivity index (χ4n) is 1.75. The number of nitrogens with zero attached hydrogens (tertiary/aromatic N) is 1. The lowest BCUT2D eigenvalue weighted by atomic mass is 10.1. The van der Waals surface area contributed by atoms with Gasteiger partial charge in [-0.3, -0.25) is 0 Å². The number of nitriles is 1. The fraction of sp³-hybridized carbons (Fsp3) is 0.188. The molecule has 96 valence electrons. The molecule has 0 bridgehead atoms. The molecule has 3 nitrogen and oxygen atoms in total. The third kappa shape index (κ3) is 3.12. The van der Waals surface area contributed by atoms with Crippen molar-refractivity contribution in [1.29, 1.82) is 5.26 Å². The molecule has 0 saturated carbocycles. The fourth-order valence-corrected chi connectivity index (χ4v) is 1.75. The van der Waals surface area contributed by atoms with Gasteiger partial charge in [0, 0.05) is 6.04 Å². The number of nitrogens with two attached hydrogens (primary N) is 1. The summed E-state index contributed by atoms with van der Waals surface area (Å²) in [5.41, 5.74) is 8.45. The molecular formula is C16H16N2O. The van der Waals surface area contributed by atoms with Gasteiger partial charge in [0.25, 0.3) is 0 Å². The van der Waals surface area contributed by atoms with E-state index in [1.807, 2.05) is 44.2 Å². The zero-order valence-electron chi connectivity index (χ0n) is 11.1. The highest BCUT2D eigenvalue weighted by molar-refractivity contribution is 5.44. The van der Waals surface area contributed by atoms with Crippen LogP contribution in [0.25, 0.3) is 0 Å². The molecule has 0 fully saturated rings. The lowest BCUT2D eigenvalue weighted by Crippen LogP contribution is -2.04. The number of hydrogen-bond acceptors (Lipinski definition) is 3. The summed E-state index contributed by atoms with van der Waals surface area (Å²) < 4.78 is 5.79. The predicted octanol–water partition coefficient (Wildman–Crippen LogP) is 3.68. The molecule has 0 amide bonds. The van der Waals surface area contributed by atoms with Crippen molar-refractivity contribution in [2.75, 3.05) is 0 Å². The molecule has 0 aliphatic carbocycles. The predicted molar refractivity (Wildman–Crippen MR) is 75.0 cm³/mol. The summed E-state index contributed by atoms with van der Waals surface area (Å²) in [6.07, 6.45) is 0. The Kier molecular flexibility index (Phi) is 3.84. The van der Waals surface area contributed by atoms with Gasteiger partial charge in [-0.15, -0.1) is 0 Å². The van der Waals surface area contributed by atoms with E-state index in [2.05, 4.69) is 6.07 Å². The molecule has 0 radical (unpaired) electrons. The van der Waals surface area contributed by atoms with Crippen LogP contribution in [0.2, 0.25) is 0 Å². The van der Waals surface area contributed by atoms with Crippen LogP contribution >= 0.6 is 0 Å². The maximum atomic E-state index is 8.90. The van der Waals surface area contributed by atoms with E-state index in [9.17, 15) is 0 Å². The van der Waals surface area contributed by atoms with Gasteiger partial charge in [-0.05, 0) is 49.2 Å². The minimum atomic E-state index is 0.0118. The Hall–Kier alpha value is -2.31. The molecule has 0 saturated heterocycles. The van der Waals surface area contributed by atoms with Crippen LogP contribution in [0, 0.1) is 18.3 Å². The molecule has 2 aromatic rings. The molecular weight excluding hydrogens is 236 g/mol. The standard InChI is InChI=1S/C16H16N2O/c1-11-3-4-13(10-17)9-16(11)19-15-7-5-14(6-8-15)12(2)18/h3-9,12H,18H2,1-2H3. The smallest absolute Gasteiger partial charge is 0.131 e. The Balaban J connectivity index is 2.24. The van der Waals surface area contributed by atoms with Gasteiger partial charge in [-0.1, -0.05) is 18.2 Å². The monoisotopic (exact) mass is 252 g/mol. The molecule has 2 rings (SSSR count). The lowest BCUT2D eigenvalue weighted by molar-refractivity contribution is 0.478. The molecule has 0 aliphatic rings. The average Bonchev–Trinajstić information content (AvgIpc) is 2.42. The Labute approximate surface area is 113 Å². The van der Waals surface area contributed by atoms with Crippen molar-refractivity contribution in [2.24, 2.45) is 5.73 Å². The van der Waals surface area contributed by atoms with Gasteiger partial charge >= 0.3 is 0 Å². The first-order valence-electron chi connectivity index (χ1n) is 6.14. The van der Waals surface area contributed by atoms with Crippen molar-refractivity contribution in [2.45, 2.75) is 19.9 Å². The van der Waals surface area contributed by atoms with Crippen LogP contribution in [0.3, 0.4) is 0 Å². The summed E-state index contributed by atoms with van der Waals surface area (Å²) in [6, 6.07) is 15.2. The number of rotatable bonds is 3. The van der Waals surface area contributed by atoms with Crippen LogP contribution in [0.5, 0.6) is 11.5 Å². The van der Waals surface area contributed by atoms with E-state index in [1.54, 1.807) is 12.1 Å². The molecule has 0 aliphatic heterocycles. The maximum absolute atomic E-state index is 8.90. The van der Waals surface area contributed by atoms with E-state index in [0.717, 1.165) is 16.9 Å². The molecule has 2 N–H and O–H groups in total. The molecule has 3 heteroatoms. The molecule has 0 heterocycles. The Morgan fingerprint density at radius 3 is 2.42 bits per heavy atom. The highest BCUT2D eigenvalue weighted by Crippen LogP contribution is 2.26. The second-order valence-corrected chi connectivity index (χ2v) is 4.55. The number of hydrogen-bond donors (Lipinski definition) is 1. The Bertz CT molecular complexity index is 610. The molecule has 2 aromatic carbocycles. The quantitative estimate of drug-likeness (QED) is 0.906. The van der Waals surface area contributed by atoms with Crippen molar-refractivity contribution < 1.29 is 4.74 Å². The maximum Gasteiger partial charge on any atom is 0.131 e. The van der Waals surface area contributed by atoms with Crippen LogP contribution in [-0.4, -0.2) is 0 Å². The van der Waals surface area contributed by atoms with Crippen LogP contribution in [0.15, 0.2) is 42.5 Å². The Morgan fingerprint density at radius 2 is 1.84 bits per heavy atom. The normalized spacial score (nSPS) is 11.7. The first-order valence-corrected chi connectivity index (χ1v) is 6.14. The average molecular weight is 252 g/mol. The van der Waals surface area contributed by atoms with Crippen molar-refractivity contribution in [3.8, 4) is 17.6 Å². The zero-order valence-corrected chi connectivity index (χ0v) is 11.1. The van der Waals surface area contributed by atoms with Crippen molar-refractivity contribution in [3.63, 3.8) is 0 Å². The molecule has 19 heavy (non-hydrogen) atoms. The summed E-state index contributed by atoms with van der Waals surface area (Å²) in [4.78, 5) is 0. The number of ether oxygens (including phenoxy) is 1. The van der Waals surface area contributed by atoms with E-state index in [0.29, 0.717) is 11.3 Å². The van der Waals surface area contributed by atoms with Crippen LogP contribution in [0.1, 0.15) is 29.7 Å². The number of aryl methyl sites for hydroxylation is 1. The molecule has 1 unspecified atom stereocenters. The van der Waals surface area contributed by atoms with E-state index >= 15 is 0 Å². The largest absolute Gasteiger partial charge is 0.457 e. The van der Waals surface area contributed by atoms with E-state index < -0.39 is 0 Å². The first-order chi connectivity index (χ1) is 9.10. The molecule has 1 atom stereocenters. The number of benzene rings is 2. The summed E-state index contributed by atoms with van der Waals surface area (Å²) in [5.74, 6) is 1.44. The van der Waals surface area contributed by atoms with E-state index in [4.69, 9.17) is 15.7 Å². The second-order valence-electron chi connectivity index (χ2n) is 4.55. The zero-order chi connectivity index (χ0) is 13.8. The Morgan fingerprint density at radius 1 is 1.16 bits per heavy atom. The summed E-state index contributed by atoms with van der Waals surface area (Å²) in [6.45, 7) is 3.89. The van der Waals surface area contributed by atoms with Gasteiger partial charge in [0.05, 0.1) is 11.6 Å². The minimum Gasteiger partial charge on any atom is -0.457 e.